The Morgan fingerprint density at radius 1 is 1.10 bits per heavy atom. The van der Waals surface area contributed by atoms with Crippen LogP contribution in [0.2, 0.25) is 0 Å². The first kappa shape index (κ1) is 29.6. The fourth-order valence-electron chi connectivity index (χ4n) is 5.08. The Morgan fingerprint density at radius 2 is 1.90 bits per heavy atom. The number of rotatable bonds is 14. The zero-order valence-corrected chi connectivity index (χ0v) is 23.5. The van der Waals surface area contributed by atoms with Crippen LogP contribution in [0.5, 0.6) is 0 Å². The lowest BCUT2D eigenvalue weighted by Crippen LogP contribution is -2.47. The molecule has 3 N–H and O–H groups in total. The molecule has 0 spiro atoms. The van der Waals surface area contributed by atoms with Gasteiger partial charge in [-0.05, 0) is 57.4 Å². The van der Waals surface area contributed by atoms with Crippen LogP contribution >= 0.6 is 0 Å². The first-order valence-electron chi connectivity index (χ1n) is 14.5. The highest BCUT2D eigenvalue weighted by molar-refractivity contribution is 5.91. The molecule has 0 bridgehead atoms. The predicted octanol–water partition coefficient (Wildman–Crippen LogP) is 6.04. The normalized spacial score (nSPS) is 17.2. The number of carbonyl (C=O) groups is 1. The minimum atomic E-state index is -0.565. The van der Waals surface area contributed by atoms with E-state index in [-0.39, 0.29) is 29.8 Å². The van der Waals surface area contributed by atoms with Crippen molar-refractivity contribution in [3.05, 3.63) is 36.3 Å². The van der Waals surface area contributed by atoms with E-state index in [4.69, 9.17) is 4.74 Å². The van der Waals surface area contributed by atoms with Crippen molar-refractivity contribution in [1.29, 1.82) is 0 Å². The van der Waals surface area contributed by atoms with Gasteiger partial charge in [-0.1, -0.05) is 19.8 Å². The molecular weight excluding hydrogens is 516 g/mol. The molecule has 0 radical (unpaired) electrons. The molecule has 0 saturated heterocycles. The molecule has 0 aromatic carbocycles. The number of urea groups is 1. The summed E-state index contributed by atoms with van der Waals surface area (Å²) in [5.41, 5.74) is 1.04. The molecule has 2 amide bonds. The number of fused-ring (bicyclic) bond motifs is 1. The van der Waals surface area contributed by atoms with E-state index < -0.39 is 11.6 Å². The lowest BCUT2D eigenvalue weighted by molar-refractivity contribution is 0.125. The van der Waals surface area contributed by atoms with Crippen molar-refractivity contribution in [1.82, 2.24) is 30.2 Å². The van der Waals surface area contributed by atoms with E-state index in [0.29, 0.717) is 29.6 Å². The minimum Gasteiger partial charge on any atom is -0.381 e. The average Bonchev–Trinajstić information content (AvgIpc) is 3.36. The van der Waals surface area contributed by atoms with Gasteiger partial charge in [0, 0.05) is 56.0 Å². The van der Waals surface area contributed by atoms with Crippen LogP contribution in [-0.4, -0.2) is 69.8 Å². The Morgan fingerprint density at radius 3 is 2.73 bits per heavy atom. The molecule has 40 heavy (non-hydrogen) atoms. The second-order valence-electron chi connectivity index (χ2n) is 10.6. The van der Waals surface area contributed by atoms with E-state index in [9.17, 15) is 13.6 Å². The molecule has 3 heterocycles. The van der Waals surface area contributed by atoms with Crippen molar-refractivity contribution in [2.75, 3.05) is 32.1 Å². The zero-order chi connectivity index (χ0) is 28.3. The van der Waals surface area contributed by atoms with Gasteiger partial charge >= 0.3 is 6.03 Å². The molecule has 4 rings (SSSR count). The van der Waals surface area contributed by atoms with E-state index in [0.717, 1.165) is 70.6 Å². The second-order valence-corrected chi connectivity index (χ2v) is 10.6. The summed E-state index contributed by atoms with van der Waals surface area (Å²) in [6, 6.07) is 1.20. The first-order valence-corrected chi connectivity index (χ1v) is 14.5. The number of H-pyrrole nitrogens is 1. The Kier molecular flexibility index (Phi) is 11.0. The summed E-state index contributed by atoms with van der Waals surface area (Å²) < 4.78 is 34.1. The number of hydrogen-bond acceptors (Lipinski definition) is 6. The summed E-state index contributed by atoms with van der Waals surface area (Å²) in [5, 5.41) is 6.87. The number of aromatic nitrogens is 4. The number of nitrogens with one attached hydrogen (secondary N) is 3. The Hall–Kier alpha value is -3.34. The van der Waals surface area contributed by atoms with Crippen LogP contribution in [0, 0.1) is 11.6 Å². The highest BCUT2D eigenvalue weighted by atomic mass is 19.1. The van der Waals surface area contributed by atoms with Gasteiger partial charge in [-0.25, -0.2) is 28.5 Å². The SMILES string of the molecule is CCCCCOCCCCCN(C)C(=O)N[C@@H]1CCC[C@H](Nc2nc(-c3c[nH]c4ncc(F)cc34)ncc2F)C1. The van der Waals surface area contributed by atoms with Crippen LogP contribution in [0.1, 0.15) is 71.1 Å². The van der Waals surface area contributed by atoms with Crippen molar-refractivity contribution in [3.63, 3.8) is 0 Å². The fourth-order valence-corrected chi connectivity index (χ4v) is 5.08. The van der Waals surface area contributed by atoms with Crippen molar-refractivity contribution >= 4 is 22.9 Å². The summed E-state index contributed by atoms with van der Waals surface area (Å²) in [4.78, 5) is 30.0. The van der Waals surface area contributed by atoms with Gasteiger partial charge in [0.1, 0.15) is 11.5 Å². The summed E-state index contributed by atoms with van der Waals surface area (Å²) in [6.45, 7) is 4.49. The number of ether oxygens (including phenoxy) is 1. The van der Waals surface area contributed by atoms with Crippen LogP contribution < -0.4 is 10.6 Å². The van der Waals surface area contributed by atoms with E-state index in [1.165, 1.54) is 18.9 Å². The van der Waals surface area contributed by atoms with Crippen LogP contribution in [0.15, 0.2) is 24.7 Å². The van der Waals surface area contributed by atoms with Crippen molar-refractivity contribution in [2.24, 2.45) is 0 Å². The third kappa shape index (κ3) is 8.33. The number of hydrogen-bond donors (Lipinski definition) is 3. The molecule has 0 aliphatic heterocycles. The molecule has 0 unspecified atom stereocenters. The second kappa shape index (κ2) is 14.9. The van der Waals surface area contributed by atoms with Crippen LogP contribution in [-0.2, 0) is 4.74 Å². The smallest absolute Gasteiger partial charge is 0.317 e. The quantitative estimate of drug-likeness (QED) is 0.209. The molecule has 3 aromatic heterocycles. The number of carbonyl (C=O) groups excluding carboxylic acids is 1. The van der Waals surface area contributed by atoms with Gasteiger partial charge in [-0.3, -0.25) is 0 Å². The molecule has 3 aromatic rings. The van der Waals surface area contributed by atoms with Gasteiger partial charge in [0.05, 0.1) is 12.4 Å². The lowest BCUT2D eigenvalue weighted by Gasteiger charge is -2.32. The van der Waals surface area contributed by atoms with Gasteiger partial charge in [0.2, 0.25) is 0 Å². The molecule has 218 valence electrons. The van der Waals surface area contributed by atoms with Gasteiger partial charge < -0.3 is 25.3 Å². The fraction of sp³-hybridized carbons (Fsp3) is 0.586. The van der Waals surface area contributed by atoms with E-state index in [1.807, 2.05) is 7.05 Å². The van der Waals surface area contributed by atoms with E-state index >= 15 is 0 Å². The number of halogens is 2. The minimum absolute atomic E-state index is 0.00948. The maximum Gasteiger partial charge on any atom is 0.317 e. The summed E-state index contributed by atoms with van der Waals surface area (Å²) in [6.07, 6.45) is 13.7. The van der Waals surface area contributed by atoms with Gasteiger partial charge in [0.15, 0.2) is 17.5 Å². The largest absolute Gasteiger partial charge is 0.381 e. The molecule has 1 saturated carbocycles. The van der Waals surface area contributed by atoms with Crippen molar-refractivity contribution < 1.29 is 18.3 Å². The molecule has 9 nitrogen and oxygen atoms in total. The Balaban J connectivity index is 1.24. The molecular formula is C29H41F2N7O2. The zero-order valence-electron chi connectivity index (χ0n) is 23.5. The topological polar surface area (TPSA) is 108 Å². The number of anilines is 1. The first-order chi connectivity index (χ1) is 19.4. The van der Waals surface area contributed by atoms with Gasteiger partial charge in [-0.15, -0.1) is 0 Å². The number of pyridine rings is 1. The van der Waals surface area contributed by atoms with E-state index in [2.05, 4.69) is 37.5 Å². The molecule has 11 heteroatoms. The van der Waals surface area contributed by atoms with Gasteiger partial charge in [-0.2, -0.15) is 0 Å². The third-order valence-electron chi connectivity index (χ3n) is 7.35. The summed E-state index contributed by atoms with van der Waals surface area (Å²) in [7, 11) is 1.82. The van der Waals surface area contributed by atoms with Crippen LogP contribution in [0.25, 0.3) is 22.4 Å². The molecule has 1 fully saturated rings. The van der Waals surface area contributed by atoms with Crippen LogP contribution in [0.4, 0.5) is 19.4 Å². The van der Waals surface area contributed by atoms with Crippen molar-refractivity contribution in [2.45, 2.75) is 83.2 Å². The number of nitrogens with zero attached hydrogens (tertiary/aromatic N) is 4. The standard InChI is InChI=1S/C29H41F2N7O2/c1-3-4-7-13-40-14-8-5-6-12-38(2)29(39)36-22-11-9-10-21(16-22)35-28-25(31)19-34-27(37-28)24-18-33-26-23(24)15-20(30)17-32-26/h15,17-19,21-22H,3-14,16H2,1-2H3,(H,32,33)(H,36,39)(H,34,35,37)/t21-,22+/m0/s1. The number of aromatic amines is 1. The lowest BCUT2D eigenvalue weighted by atomic mass is 9.91. The number of unbranched alkanes of at least 4 members (excludes halogenated alkanes) is 4. The maximum atomic E-state index is 14.7. The Bertz CT molecular complexity index is 1240. The maximum absolute atomic E-state index is 14.7. The summed E-state index contributed by atoms with van der Waals surface area (Å²) >= 11 is 0. The summed E-state index contributed by atoms with van der Waals surface area (Å²) in [5.74, 6) is -0.678. The van der Waals surface area contributed by atoms with Crippen LogP contribution in [0.3, 0.4) is 0 Å². The molecule has 1 aliphatic rings. The Labute approximate surface area is 234 Å². The van der Waals surface area contributed by atoms with Crippen molar-refractivity contribution in [3.8, 4) is 11.4 Å². The predicted molar refractivity (Wildman–Crippen MR) is 152 cm³/mol. The average molecular weight is 558 g/mol. The molecule has 2 atom stereocenters. The number of amides is 2. The highest BCUT2D eigenvalue weighted by Gasteiger charge is 2.25. The van der Waals surface area contributed by atoms with E-state index in [1.54, 1.807) is 11.1 Å². The monoisotopic (exact) mass is 557 g/mol. The van der Waals surface area contributed by atoms with Gasteiger partial charge in [0.25, 0.3) is 0 Å². The molecule has 1 aliphatic carbocycles. The highest BCUT2D eigenvalue weighted by Crippen LogP contribution is 2.28. The third-order valence-corrected chi connectivity index (χ3v) is 7.35.